The van der Waals surface area contributed by atoms with Crippen LogP contribution in [-0.2, 0) is 11.3 Å². The van der Waals surface area contributed by atoms with Crippen LogP contribution in [0.1, 0.15) is 24.0 Å². The Morgan fingerprint density at radius 3 is 2.59 bits per heavy atom. The van der Waals surface area contributed by atoms with Crippen molar-refractivity contribution >= 4 is 28.6 Å². The molecular weight excluding hydrogens is 510 g/mol. The first kappa shape index (κ1) is 25.2. The summed E-state index contributed by atoms with van der Waals surface area (Å²) < 4.78 is 7.18. The van der Waals surface area contributed by atoms with Crippen LogP contribution in [0.15, 0.2) is 83.9 Å². The lowest BCUT2D eigenvalue weighted by atomic mass is 10.0. The van der Waals surface area contributed by atoms with Gasteiger partial charge in [0.1, 0.15) is 5.65 Å². The molecule has 0 bridgehead atoms. The van der Waals surface area contributed by atoms with E-state index in [4.69, 9.17) is 21.3 Å². The molecule has 6 rings (SSSR count). The van der Waals surface area contributed by atoms with E-state index in [9.17, 15) is 4.79 Å². The van der Waals surface area contributed by atoms with Gasteiger partial charge in [0.15, 0.2) is 0 Å². The highest BCUT2D eigenvalue weighted by Crippen LogP contribution is 2.32. The molecule has 1 fully saturated rings. The molecule has 2 aromatic carbocycles. The van der Waals surface area contributed by atoms with Crippen LogP contribution in [0.4, 0.5) is 5.95 Å². The minimum Gasteiger partial charge on any atom is -0.381 e. The molecule has 0 unspecified atom stereocenters. The molecule has 0 saturated carbocycles. The average Bonchev–Trinajstić information content (AvgIpc) is 2.96. The molecular formula is C31H28ClN5O2. The molecule has 3 aromatic heterocycles. The Morgan fingerprint density at radius 1 is 1.00 bits per heavy atom. The van der Waals surface area contributed by atoms with Crippen LogP contribution in [0.5, 0.6) is 0 Å². The third kappa shape index (κ3) is 5.28. The van der Waals surface area contributed by atoms with Gasteiger partial charge in [0.2, 0.25) is 5.95 Å². The molecule has 0 radical (unpaired) electrons. The average molecular weight is 538 g/mol. The van der Waals surface area contributed by atoms with Gasteiger partial charge in [-0.3, -0.25) is 14.3 Å². The number of aryl methyl sites for hydroxylation is 1. The second kappa shape index (κ2) is 11.0. The molecule has 1 aliphatic rings. The number of nitrogens with one attached hydrogen (secondary N) is 1. The fourth-order valence-corrected chi connectivity index (χ4v) is 5.31. The molecule has 196 valence electrons. The number of rotatable bonds is 6. The van der Waals surface area contributed by atoms with E-state index >= 15 is 0 Å². The minimum absolute atomic E-state index is 0.161. The maximum Gasteiger partial charge on any atom is 0.260 e. The molecule has 0 spiro atoms. The zero-order valence-electron chi connectivity index (χ0n) is 21.6. The maximum absolute atomic E-state index is 14.0. The van der Waals surface area contributed by atoms with Gasteiger partial charge in [-0.15, -0.1) is 0 Å². The number of nitrogens with zero attached hydrogens (tertiary/aromatic N) is 4. The second-order valence-corrected chi connectivity index (χ2v) is 10.2. The first-order valence-electron chi connectivity index (χ1n) is 13.1. The van der Waals surface area contributed by atoms with Crippen molar-refractivity contribution in [2.75, 3.05) is 18.5 Å². The smallest absolute Gasteiger partial charge is 0.260 e. The van der Waals surface area contributed by atoms with Crippen molar-refractivity contribution in [3.63, 3.8) is 0 Å². The lowest BCUT2D eigenvalue weighted by Crippen LogP contribution is -2.29. The summed E-state index contributed by atoms with van der Waals surface area (Å²) in [5.74, 6) is 0.511. The highest BCUT2D eigenvalue weighted by Gasteiger charge is 2.19. The topological polar surface area (TPSA) is 81.9 Å². The highest BCUT2D eigenvalue weighted by molar-refractivity contribution is 6.33. The quantitative estimate of drug-likeness (QED) is 0.281. The summed E-state index contributed by atoms with van der Waals surface area (Å²) in [6.45, 7) is 3.82. The Labute approximate surface area is 231 Å². The van der Waals surface area contributed by atoms with Gasteiger partial charge in [0.25, 0.3) is 5.56 Å². The largest absolute Gasteiger partial charge is 0.381 e. The molecule has 7 nitrogen and oxygen atoms in total. The Morgan fingerprint density at radius 2 is 1.82 bits per heavy atom. The van der Waals surface area contributed by atoms with Gasteiger partial charge in [0, 0.05) is 58.7 Å². The van der Waals surface area contributed by atoms with E-state index in [2.05, 4.69) is 15.3 Å². The molecule has 0 amide bonds. The van der Waals surface area contributed by atoms with Crippen molar-refractivity contribution < 1.29 is 4.74 Å². The predicted octanol–water partition coefficient (Wildman–Crippen LogP) is 6.12. The number of ether oxygens (including phenoxy) is 1. The molecule has 1 saturated heterocycles. The molecule has 0 aliphatic carbocycles. The number of fused-ring (bicyclic) bond motifs is 1. The fourth-order valence-electron chi connectivity index (χ4n) is 5.03. The van der Waals surface area contributed by atoms with Gasteiger partial charge in [-0.2, -0.15) is 4.98 Å². The van der Waals surface area contributed by atoms with E-state index in [-0.39, 0.29) is 11.6 Å². The third-order valence-electron chi connectivity index (χ3n) is 7.11. The number of anilines is 1. The van der Waals surface area contributed by atoms with Crippen LogP contribution in [0, 0.1) is 6.92 Å². The van der Waals surface area contributed by atoms with Gasteiger partial charge in [-0.25, -0.2) is 4.98 Å². The Bertz CT molecular complexity index is 1700. The van der Waals surface area contributed by atoms with Crippen LogP contribution >= 0.6 is 11.6 Å². The monoisotopic (exact) mass is 537 g/mol. The number of aromatic nitrogens is 4. The molecule has 39 heavy (non-hydrogen) atoms. The predicted molar refractivity (Wildman–Crippen MR) is 155 cm³/mol. The van der Waals surface area contributed by atoms with Crippen LogP contribution in [0.3, 0.4) is 0 Å². The molecule has 0 atom stereocenters. The molecule has 1 aliphatic heterocycles. The number of hydrogen-bond acceptors (Lipinski definition) is 6. The summed E-state index contributed by atoms with van der Waals surface area (Å²) >= 11 is 6.81. The zero-order chi connectivity index (χ0) is 26.8. The van der Waals surface area contributed by atoms with E-state index in [0.717, 1.165) is 40.6 Å². The van der Waals surface area contributed by atoms with E-state index < -0.39 is 0 Å². The fraction of sp³-hybridized carbons (Fsp3) is 0.226. The molecule has 5 aromatic rings. The zero-order valence-corrected chi connectivity index (χ0v) is 22.4. The van der Waals surface area contributed by atoms with E-state index in [1.54, 1.807) is 17.0 Å². The summed E-state index contributed by atoms with van der Waals surface area (Å²) in [7, 11) is 0. The Hall–Kier alpha value is -4.07. The SMILES string of the molecule is Cc1cccnc1-c1ccc(-c2cc3cnc(NC4CCOCC4)nc3n(Cc3ccccc3)c2=O)c(Cl)c1. The van der Waals surface area contributed by atoms with Gasteiger partial charge in [-0.05, 0) is 49.1 Å². The maximum atomic E-state index is 14.0. The van der Waals surface area contributed by atoms with Crippen molar-refractivity contribution in [3.05, 3.63) is 106 Å². The van der Waals surface area contributed by atoms with E-state index in [1.807, 2.05) is 73.7 Å². The Balaban J connectivity index is 1.46. The van der Waals surface area contributed by atoms with Crippen molar-refractivity contribution in [1.29, 1.82) is 0 Å². The summed E-state index contributed by atoms with van der Waals surface area (Å²) in [6.07, 6.45) is 5.32. The van der Waals surface area contributed by atoms with Crippen LogP contribution < -0.4 is 10.9 Å². The number of hydrogen-bond donors (Lipinski definition) is 1. The van der Waals surface area contributed by atoms with E-state index in [0.29, 0.717) is 47.5 Å². The number of halogens is 1. The number of benzene rings is 2. The minimum atomic E-state index is -0.161. The van der Waals surface area contributed by atoms with Crippen LogP contribution in [-0.4, -0.2) is 38.8 Å². The lowest BCUT2D eigenvalue weighted by molar-refractivity contribution is 0.0903. The van der Waals surface area contributed by atoms with Crippen molar-refractivity contribution in [2.24, 2.45) is 0 Å². The highest BCUT2D eigenvalue weighted by atomic mass is 35.5. The second-order valence-electron chi connectivity index (χ2n) is 9.80. The third-order valence-corrected chi connectivity index (χ3v) is 7.42. The van der Waals surface area contributed by atoms with Crippen LogP contribution in [0.25, 0.3) is 33.4 Å². The lowest BCUT2D eigenvalue weighted by Gasteiger charge is -2.23. The summed E-state index contributed by atoms with van der Waals surface area (Å²) in [6, 6.07) is 21.6. The first-order valence-corrected chi connectivity index (χ1v) is 13.5. The molecule has 4 heterocycles. The molecule has 1 N–H and O–H groups in total. The van der Waals surface area contributed by atoms with E-state index in [1.165, 1.54) is 0 Å². The van der Waals surface area contributed by atoms with Gasteiger partial charge in [0.05, 0.1) is 12.2 Å². The molecule has 8 heteroatoms. The van der Waals surface area contributed by atoms with Crippen LogP contribution in [0.2, 0.25) is 5.02 Å². The summed E-state index contributed by atoms with van der Waals surface area (Å²) in [4.78, 5) is 27.9. The number of pyridine rings is 2. The first-order chi connectivity index (χ1) is 19.1. The van der Waals surface area contributed by atoms with Gasteiger partial charge < -0.3 is 10.1 Å². The Kier molecular flexibility index (Phi) is 7.09. The van der Waals surface area contributed by atoms with Gasteiger partial charge in [-0.1, -0.05) is 60.1 Å². The normalized spacial score (nSPS) is 14.0. The van der Waals surface area contributed by atoms with Crippen molar-refractivity contribution in [3.8, 4) is 22.4 Å². The van der Waals surface area contributed by atoms with Gasteiger partial charge >= 0.3 is 0 Å². The summed E-state index contributed by atoms with van der Waals surface area (Å²) in [5, 5.41) is 4.67. The standard InChI is InChI=1S/C31H28ClN5O2/c1-20-6-5-13-33-28(20)22-9-10-25(27(32)17-22)26-16-23-18-34-31(35-24-11-14-39-15-12-24)36-29(23)37(30(26)38)19-21-7-3-2-4-8-21/h2-10,13,16-18,24H,11-12,14-15,19H2,1H3,(H,34,35,36). The summed E-state index contributed by atoms with van der Waals surface area (Å²) in [5.41, 5.74) is 5.40. The van der Waals surface area contributed by atoms with Crippen molar-refractivity contribution in [1.82, 2.24) is 19.5 Å². The van der Waals surface area contributed by atoms with Crippen molar-refractivity contribution in [2.45, 2.75) is 32.4 Å².